The van der Waals surface area contributed by atoms with Crippen LogP contribution in [0.25, 0.3) is 0 Å². The van der Waals surface area contributed by atoms with E-state index in [1.807, 2.05) is 0 Å². The van der Waals surface area contributed by atoms with Crippen LogP contribution in [0.2, 0.25) is 0 Å². The lowest BCUT2D eigenvalue weighted by atomic mass is 9.78. The highest BCUT2D eigenvalue weighted by Crippen LogP contribution is 2.32. The number of sulfonamides is 1. The van der Waals surface area contributed by atoms with Crippen molar-refractivity contribution in [2.24, 2.45) is 5.92 Å². The molecule has 2 fully saturated rings. The van der Waals surface area contributed by atoms with E-state index in [1.54, 1.807) is 4.31 Å². The van der Waals surface area contributed by atoms with Crippen molar-refractivity contribution in [2.75, 3.05) is 45.5 Å². The number of rotatable bonds is 5. The minimum atomic E-state index is -3.00. The highest BCUT2D eigenvalue weighted by atomic mass is 32.2. The molecule has 2 rings (SSSR count). The first-order valence-electron chi connectivity index (χ1n) is 6.92. The van der Waals surface area contributed by atoms with Gasteiger partial charge in [-0.1, -0.05) is 6.92 Å². The molecule has 1 saturated heterocycles. The molecule has 1 aliphatic heterocycles. The summed E-state index contributed by atoms with van der Waals surface area (Å²) in [7, 11) is -3.00. The van der Waals surface area contributed by atoms with Gasteiger partial charge >= 0.3 is 0 Å². The zero-order valence-electron chi connectivity index (χ0n) is 11.4. The van der Waals surface area contributed by atoms with E-state index in [1.165, 1.54) is 19.1 Å². The molecule has 0 radical (unpaired) electrons. The number of hydrogen-bond donors (Lipinski definition) is 1. The van der Waals surface area contributed by atoms with E-state index < -0.39 is 10.0 Å². The van der Waals surface area contributed by atoms with Gasteiger partial charge in [-0.2, -0.15) is 4.31 Å². The highest BCUT2D eigenvalue weighted by molar-refractivity contribution is 7.88. The Morgan fingerprint density at radius 1 is 1.17 bits per heavy atom. The molecule has 2 aliphatic rings. The highest BCUT2D eigenvalue weighted by Gasteiger charge is 2.37. The molecule has 18 heavy (non-hydrogen) atoms. The Morgan fingerprint density at radius 2 is 1.83 bits per heavy atom. The average molecular weight is 275 g/mol. The molecule has 2 atom stereocenters. The fourth-order valence-corrected chi connectivity index (χ4v) is 3.79. The van der Waals surface area contributed by atoms with Gasteiger partial charge in [0.1, 0.15) is 0 Å². The minimum Gasteiger partial charge on any atom is -0.317 e. The quantitative estimate of drug-likeness (QED) is 0.764. The van der Waals surface area contributed by atoms with Crippen molar-refractivity contribution < 1.29 is 8.42 Å². The van der Waals surface area contributed by atoms with Crippen LogP contribution in [0.5, 0.6) is 0 Å². The van der Waals surface area contributed by atoms with E-state index in [2.05, 4.69) is 17.1 Å². The fourth-order valence-electron chi connectivity index (χ4n) is 2.97. The van der Waals surface area contributed by atoms with E-state index in [-0.39, 0.29) is 0 Å². The van der Waals surface area contributed by atoms with E-state index in [4.69, 9.17) is 0 Å². The Kier molecular flexibility index (Phi) is 4.64. The summed E-state index contributed by atoms with van der Waals surface area (Å²) < 4.78 is 24.5. The SMILES string of the molecule is CCNCC1CCC1N1CCN(S(C)(=O)=O)CC1. The van der Waals surface area contributed by atoms with Crippen LogP contribution in [0, 0.1) is 5.92 Å². The van der Waals surface area contributed by atoms with Crippen molar-refractivity contribution in [3.63, 3.8) is 0 Å². The topological polar surface area (TPSA) is 52.6 Å². The molecule has 5 nitrogen and oxygen atoms in total. The van der Waals surface area contributed by atoms with E-state index in [9.17, 15) is 8.42 Å². The predicted molar refractivity (Wildman–Crippen MR) is 73.0 cm³/mol. The summed E-state index contributed by atoms with van der Waals surface area (Å²) in [5.41, 5.74) is 0. The molecule has 106 valence electrons. The van der Waals surface area contributed by atoms with Crippen LogP contribution in [0.4, 0.5) is 0 Å². The van der Waals surface area contributed by atoms with Crippen LogP contribution in [0.15, 0.2) is 0 Å². The summed E-state index contributed by atoms with van der Waals surface area (Å²) >= 11 is 0. The third-order valence-corrected chi connectivity index (χ3v) is 5.55. The lowest BCUT2D eigenvalue weighted by molar-refractivity contribution is 0.0382. The summed E-state index contributed by atoms with van der Waals surface area (Å²) in [6.07, 6.45) is 3.89. The molecule has 0 aromatic heterocycles. The van der Waals surface area contributed by atoms with Gasteiger partial charge in [0.05, 0.1) is 6.26 Å². The molecule has 0 spiro atoms. The van der Waals surface area contributed by atoms with Gasteiger partial charge in [0.25, 0.3) is 0 Å². The third kappa shape index (κ3) is 3.23. The summed E-state index contributed by atoms with van der Waals surface area (Å²) in [4.78, 5) is 2.48. The molecule has 1 heterocycles. The van der Waals surface area contributed by atoms with Gasteiger partial charge in [0, 0.05) is 32.2 Å². The smallest absolute Gasteiger partial charge is 0.211 e. The molecular weight excluding hydrogens is 250 g/mol. The number of nitrogens with zero attached hydrogens (tertiary/aromatic N) is 2. The summed E-state index contributed by atoms with van der Waals surface area (Å²) in [6.45, 7) is 7.37. The normalized spacial score (nSPS) is 31.2. The van der Waals surface area contributed by atoms with Gasteiger partial charge in [0.2, 0.25) is 10.0 Å². The average Bonchev–Trinajstić information content (AvgIpc) is 2.27. The van der Waals surface area contributed by atoms with Gasteiger partial charge in [-0.15, -0.1) is 0 Å². The van der Waals surface area contributed by atoms with Crippen LogP contribution >= 0.6 is 0 Å². The van der Waals surface area contributed by atoms with Crippen molar-refractivity contribution in [3.05, 3.63) is 0 Å². The van der Waals surface area contributed by atoms with Crippen molar-refractivity contribution in [3.8, 4) is 0 Å². The van der Waals surface area contributed by atoms with E-state index in [0.29, 0.717) is 19.1 Å². The van der Waals surface area contributed by atoms with E-state index in [0.717, 1.165) is 32.1 Å². The number of piperazine rings is 1. The molecule has 1 saturated carbocycles. The second kappa shape index (κ2) is 5.86. The van der Waals surface area contributed by atoms with Gasteiger partial charge in [-0.25, -0.2) is 8.42 Å². The first kappa shape index (κ1) is 14.2. The summed E-state index contributed by atoms with van der Waals surface area (Å²) in [5.74, 6) is 0.759. The van der Waals surface area contributed by atoms with E-state index >= 15 is 0 Å². The minimum absolute atomic E-state index is 0.656. The second-order valence-electron chi connectivity index (χ2n) is 5.41. The van der Waals surface area contributed by atoms with Crippen LogP contribution < -0.4 is 5.32 Å². The van der Waals surface area contributed by atoms with Crippen LogP contribution in [0.3, 0.4) is 0 Å². The Balaban J connectivity index is 1.80. The maximum absolute atomic E-state index is 11.4. The summed E-state index contributed by atoms with van der Waals surface area (Å²) in [6, 6.07) is 0.672. The molecule has 0 aromatic rings. The van der Waals surface area contributed by atoms with Gasteiger partial charge in [0.15, 0.2) is 0 Å². The Bertz CT molecular complexity index is 364. The predicted octanol–water partition coefficient (Wildman–Crippen LogP) is -0.0483. The lowest BCUT2D eigenvalue weighted by Crippen LogP contribution is -2.57. The first-order chi connectivity index (χ1) is 8.52. The Labute approximate surface area is 111 Å². The van der Waals surface area contributed by atoms with Crippen molar-refractivity contribution in [1.29, 1.82) is 0 Å². The molecule has 0 amide bonds. The monoisotopic (exact) mass is 275 g/mol. The van der Waals surface area contributed by atoms with Gasteiger partial charge < -0.3 is 5.32 Å². The van der Waals surface area contributed by atoms with Crippen LogP contribution in [0.1, 0.15) is 19.8 Å². The van der Waals surface area contributed by atoms with Crippen LogP contribution in [-0.2, 0) is 10.0 Å². The maximum atomic E-state index is 11.4. The van der Waals surface area contributed by atoms with Crippen molar-refractivity contribution >= 4 is 10.0 Å². The maximum Gasteiger partial charge on any atom is 0.211 e. The van der Waals surface area contributed by atoms with Crippen molar-refractivity contribution in [2.45, 2.75) is 25.8 Å². The van der Waals surface area contributed by atoms with Crippen molar-refractivity contribution in [1.82, 2.24) is 14.5 Å². The Hall–Kier alpha value is -0.170. The van der Waals surface area contributed by atoms with Crippen LogP contribution in [-0.4, -0.2) is 69.2 Å². The zero-order valence-corrected chi connectivity index (χ0v) is 12.2. The molecule has 6 heteroatoms. The second-order valence-corrected chi connectivity index (χ2v) is 7.39. The van der Waals surface area contributed by atoms with Gasteiger partial charge in [-0.3, -0.25) is 4.90 Å². The lowest BCUT2D eigenvalue weighted by Gasteiger charge is -2.47. The molecule has 1 N–H and O–H groups in total. The number of hydrogen-bond acceptors (Lipinski definition) is 4. The molecule has 0 aromatic carbocycles. The number of nitrogens with one attached hydrogen (secondary N) is 1. The largest absolute Gasteiger partial charge is 0.317 e. The fraction of sp³-hybridized carbons (Fsp3) is 1.00. The Morgan fingerprint density at radius 3 is 2.28 bits per heavy atom. The molecule has 2 unspecified atom stereocenters. The zero-order chi connectivity index (χ0) is 13.2. The first-order valence-corrected chi connectivity index (χ1v) is 8.77. The third-order valence-electron chi connectivity index (χ3n) is 4.25. The standard InChI is InChI=1S/C12H25N3O2S/c1-3-13-10-11-4-5-12(11)14-6-8-15(9-7-14)18(2,16)17/h11-13H,3-10H2,1-2H3. The van der Waals surface area contributed by atoms with Gasteiger partial charge in [-0.05, 0) is 31.8 Å². The molecular formula is C12H25N3O2S. The molecule has 1 aliphatic carbocycles. The molecule has 0 bridgehead atoms. The summed E-state index contributed by atoms with van der Waals surface area (Å²) in [5, 5.41) is 3.42.